The van der Waals surface area contributed by atoms with Crippen LogP contribution in [0.2, 0.25) is 0 Å². The molecule has 1 aromatic carbocycles. The third-order valence-electron chi connectivity index (χ3n) is 3.47. The van der Waals surface area contributed by atoms with Gasteiger partial charge in [-0.1, -0.05) is 6.92 Å². The lowest BCUT2D eigenvalue weighted by Gasteiger charge is -2.16. The van der Waals surface area contributed by atoms with Gasteiger partial charge in [0.2, 0.25) is 0 Å². The Morgan fingerprint density at radius 2 is 2.25 bits per heavy atom. The summed E-state index contributed by atoms with van der Waals surface area (Å²) in [5, 5.41) is 4.29. The first-order chi connectivity index (χ1) is 9.67. The fraction of sp³-hybridized carbons (Fsp3) is 0.412. The van der Waals surface area contributed by atoms with Gasteiger partial charge in [0.15, 0.2) is 0 Å². The number of fused-ring (bicyclic) bond motifs is 1. The first-order valence-corrected chi connectivity index (χ1v) is 7.02. The van der Waals surface area contributed by atoms with Gasteiger partial charge in [0.05, 0.1) is 6.04 Å². The maximum absolute atomic E-state index is 13.3. The van der Waals surface area contributed by atoms with Gasteiger partial charge in [-0.25, -0.2) is 4.39 Å². The normalized spacial score (nSPS) is 12.5. The molecule has 20 heavy (non-hydrogen) atoms. The molecule has 0 aliphatic carbocycles. The predicted octanol–water partition coefficient (Wildman–Crippen LogP) is 4.33. The monoisotopic (exact) mass is 273 g/mol. The number of hydrogen-bond donors (Lipinski definition) is 1. The van der Waals surface area contributed by atoms with Crippen LogP contribution in [0.15, 0.2) is 22.6 Å². The van der Waals surface area contributed by atoms with Gasteiger partial charge in [-0.05, 0) is 44.5 Å². The molecule has 0 saturated carbocycles. The number of benzene rings is 1. The smallest absolute Gasteiger partial charge is 0.134 e. The van der Waals surface area contributed by atoms with E-state index in [1.165, 1.54) is 12.1 Å². The van der Waals surface area contributed by atoms with Crippen molar-refractivity contribution in [3.63, 3.8) is 0 Å². The Hall–Kier alpha value is -1.79. The number of nitrogens with one attached hydrogen (secondary N) is 1. The number of rotatable bonds is 6. The molecule has 1 atom stereocenters. The molecule has 0 fully saturated rings. The van der Waals surface area contributed by atoms with E-state index in [1.54, 1.807) is 6.07 Å². The second-order valence-electron chi connectivity index (χ2n) is 4.98. The fourth-order valence-electron chi connectivity index (χ4n) is 2.42. The van der Waals surface area contributed by atoms with Crippen LogP contribution in [0.5, 0.6) is 0 Å². The summed E-state index contributed by atoms with van der Waals surface area (Å²) in [5.74, 6) is 3.29. The molecule has 3 heteroatoms. The van der Waals surface area contributed by atoms with E-state index in [4.69, 9.17) is 10.8 Å². The lowest BCUT2D eigenvalue weighted by atomic mass is 10.0. The molecule has 2 aromatic rings. The molecule has 0 amide bonds. The van der Waals surface area contributed by atoms with E-state index in [0.29, 0.717) is 6.42 Å². The van der Waals surface area contributed by atoms with Crippen LogP contribution in [0.3, 0.4) is 0 Å². The summed E-state index contributed by atoms with van der Waals surface area (Å²) in [4.78, 5) is 0. The number of terminal acetylenes is 1. The van der Waals surface area contributed by atoms with E-state index in [-0.39, 0.29) is 11.9 Å². The van der Waals surface area contributed by atoms with Crippen molar-refractivity contribution in [1.29, 1.82) is 0 Å². The van der Waals surface area contributed by atoms with Crippen LogP contribution in [0.25, 0.3) is 11.0 Å². The average molecular weight is 273 g/mol. The molecule has 1 heterocycles. The fourth-order valence-corrected chi connectivity index (χ4v) is 2.42. The van der Waals surface area contributed by atoms with Gasteiger partial charge >= 0.3 is 0 Å². The molecule has 0 bridgehead atoms. The molecule has 1 aromatic heterocycles. The van der Waals surface area contributed by atoms with Gasteiger partial charge in [0, 0.05) is 17.4 Å². The Morgan fingerprint density at radius 3 is 2.95 bits per heavy atom. The first kappa shape index (κ1) is 14.6. The minimum atomic E-state index is -0.241. The second-order valence-corrected chi connectivity index (χ2v) is 4.98. The van der Waals surface area contributed by atoms with Crippen LogP contribution in [0.1, 0.15) is 43.6 Å². The molecule has 1 N–H and O–H groups in total. The minimum Gasteiger partial charge on any atom is -0.459 e. The molecule has 2 rings (SSSR count). The van der Waals surface area contributed by atoms with Gasteiger partial charge in [-0.2, -0.15) is 0 Å². The zero-order chi connectivity index (χ0) is 14.5. The molecule has 2 nitrogen and oxygen atoms in total. The third-order valence-corrected chi connectivity index (χ3v) is 3.47. The lowest BCUT2D eigenvalue weighted by molar-refractivity contribution is 0.411. The zero-order valence-corrected chi connectivity index (χ0v) is 12.0. The molecule has 0 radical (unpaired) electrons. The molecule has 0 aliphatic rings. The zero-order valence-electron chi connectivity index (χ0n) is 12.0. The van der Waals surface area contributed by atoms with Gasteiger partial charge in [-0.15, -0.1) is 12.3 Å². The number of halogens is 1. The largest absolute Gasteiger partial charge is 0.459 e. The van der Waals surface area contributed by atoms with Gasteiger partial charge in [0.25, 0.3) is 0 Å². The Bertz CT molecular complexity index is 624. The van der Waals surface area contributed by atoms with Crippen LogP contribution < -0.4 is 5.32 Å². The van der Waals surface area contributed by atoms with E-state index in [2.05, 4.69) is 18.2 Å². The number of aryl methyl sites for hydroxylation is 1. The SMILES string of the molecule is C#CCCC(NCCC)c1oc2ccc(F)cc2c1C. The van der Waals surface area contributed by atoms with Crippen molar-refractivity contribution in [2.75, 3.05) is 6.54 Å². The van der Waals surface area contributed by atoms with Crippen LogP contribution in [-0.2, 0) is 0 Å². The van der Waals surface area contributed by atoms with Crippen LogP contribution in [0.4, 0.5) is 4.39 Å². The number of hydrogen-bond acceptors (Lipinski definition) is 2. The molecule has 0 saturated heterocycles. The summed E-state index contributed by atoms with van der Waals surface area (Å²) >= 11 is 0. The molecule has 1 unspecified atom stereocenters. The summed E-state index contributed by atoms with van der Waals surface area (Å²) < 4.78 is 19.3. The Kier molecular flexibility index (Phi) is 4.81. The Labute approximate surface area is 119 Å². The summed E-state index contributed by atoms with van der Waals surface area (Å²) in [7, 11) is 0. The molecule has 0 spiro atoms. The standard InChI is InChI=1S/C17H20FNO/c1-4-6-7-15(19-10-5-2)17-12(3)14-11-13(18)8-9-16(14)20-17/h1,8-9,11,15,19H,5-7,10H2,2-3H3. The van der Waals surface area contributed by atoms with Crippen molar-refractivity contribution < 1.29 is 8.81 Å². The number of furan rings is 1. The van der Waals surface area contributed by atoms with Crippen LogP contribution in [0, 0.1) is 25.1 Å². The summed E-state index contributed by atoms with van der Waals surface area (Å²) in [6.45, 7) is 4.99. The highest BCUT2D eigenvalue weighted by Gasteiger charge is 2.19. The second kappa shape index (κ2) is 6.58. The summed E-state index contributed by atoms with van der Waals surface area (Å²) in [5.41, 5.74) is 1.72. The summed E-state index contributed by atoms with van der Waals surface area (Å²) in [6, 6.07) is 4.71. The molecule has 106 valence electrons. The quantitative estimate of drug-likeness (QED) is 0.792. The van der Waals surface area contributed by atoms with Gasteiger partial charge in [0.1, 0.15) is 17.2 Å². The van der Waals surface area contributed by atoms with Crippen LogP contribution in [-0.4, -0.2) is 6.54 Å². The van der Waals surface area contributed by atoms with Crippen molar-refractivity contribution in [3.8, 4) is 12.3 Å². The average Bonchev–Trinajstić information content (AvgIpc) is 2.76. The van der Waals surface area contributed by atoms with E-state index in [0.717, 1.165) is 41.7 Å². The van der Waals surface area contributed by atoms with Crippen molar-refractivity contribution in [1.82, 2.24) is 5.32 Å². The molecule has 0 aliphatic heterocycles. The Balaban J connectivity index is 2.36. The van der Waals surface area contributed by atoms with Crippen molar-refractivity contribution in [2.45, 2.75) is 39.2 Å². The molecular formula is C17H20FNO. The van der Waals surface area contributed by atoms with Crippen LogP contribution >= 0.6 is 0 Å². The van der Waals surface area contributed by atoms with E-state index >= 15 is 0 Å². The van der Waals surface area contributed by atoms with E-state index in [9.17, 15) is 4.39 Å². The van der Waals surface area contributed by atoms with Crippen molar-refractivity contribution in [2.24, 2.45) is 0 Å². The highest BCUT2D eigenvalue weighted by molar-refractivity contribution is 5.82. The molecular weight excluding hydrogens is 253 g/mol. The first-order valence-electron chi connectivity index (χ1n) is 7.02. The van der Waals surface area contributed by atoms with E-state index in [1.807, 2.05) is 6.92 Å². The van der Waals surface area contributed by atoms with Crippen molar-refractivity contribution >= 4 is 11.0 Å². The maximum Gasteiger partial charge on any atom is 0.134 e. The van der Waals surface area contributed by atoms with Crippen molar-refractivity contribution in [3.05, 3.63) is 35.3 Å². The minimum absolute atomic E-state index is 0.0847. The van der Waals surface area contributed by atoms with Gasteiger partial charge < -0.3 is 9.73 Å². The maximum atomic E-state index is 13.3. The third kappa shape index (κ3) is 3.02. The Morgan fingerprint density at radius 1 is 1.45 bits per heavy atom. The topological polar surface area (TPSA) is 25.2 Å². The summed E-state index contributed by atoms with van der Waals surface area (Å²) in [6.07, 6.45) is 7.91. The predicted molar refractivity (Wildman–Crippen MR) is 80.0 cm³/mol. The lowest BCUT2D eigenvalue weighted by Crippen LogP contribution is -2.22. The highest BCUT2D eigenvalue weighted by atomic mass is 19.1. The van der Waals surface area contributed by atoms with E-state index < -0.39 is 0 Å². The van der Waals surface area contributed by atoms with Gasteiger partial charge in [-0.3, -0.25) is 0 Å². The highest BCUT2D eigenvalue weighted by Crippen LogP contribution is 2.31.